The largest absolute Gasteiger partial charge is 0.127 e. The van der Waals surface area contributed by atoms with Gasteiger partial charge in [-0.15, -0.1) is 11.6 Å². The Morgan fingerprint density at radius 1 is 0.469 bits per heavy atom. The van der Waals surface area contributed by atoms with E-state index < -0.39 is 8.80 Å². The normalized spacial score (nSPS) is 13.7. The van der Waals surface area contributed by atoms with E-state index in [2.05, 4.69) is 26.9 Å². The van der Waals surface area contributed by atoms with Gasteiger partial charge in [0.25, 0.3) is 0 Å². The molecule has 194 valence electrons. The number of halogens is 1. The van der Waals surface area contributed by atoms with Gasteiger partial charge in [-0.3, -0.25) is 0 Å². The first kappa shape index (κ1) is 32.5. The SMILES string of the molecule is CCCCCCCCCCCCCCCCCCCCCCCCC(CC)C(Cl)[SiH](C)C. The lowest BCUT2D eigenvalue weighted by molar-refractivity contribution is 0.455. The fourth-order valence-corrected chi connectivity index (χ4v) is 7.01. The Morgan fingerprint density at radius 2 is 0.750 bits per heavy atom. The molecule has 0 aliphatic heterocycles. The van der Waals surface area contributed by atoms with Crippen LogP contribution >= 0.6 is 11.6 Å². The van der Waals surface area contributed by atoms with Gasteiger partial charge in [0.1, 0.15) is 0 Å². The maximum Gasteiger partial charge on any atom is 0.0522 e. The minimum Gasteiger partial charge on any atom is -0.127 e. The molecule has 0 nitrogen and oxygen atoms in total. The molecular formula is C30H63ClSi. The van der Waals surface area contributed by atoms with Crippen molar-refractivity contribution in [2.75, 3.05) is 0 Å². The predicted octanol–water partition coefficient (Wildman–Crippen LogP) is 11.6. The van der Waals surface area contributed by atoms with Crippen molar-refractivity contribution in [2.45, 2.75) is 186 Å². The lowest BCUT2D eigenvalue weighted by atomic mass is 9.99. The summed E-state index contributed by atoms with van der Waals surface area (Å²) in [6, 6.07) is 0. The van der Waals surface area contributed by atoms with Gasteiger partial charge in [0.2, 0.25) is 0 Å². The van der Waals surface area contributed by atoms with Crippen molar-refractivity contribution in [1.82, 2.24) is 0 Å². The molecule has 32 heavy (non-hydrogen) atoms. The quantitative estimate of drug-likeness (QED) is 0.0647. The molecule has 2 heteroatoms. The molecule has 2 unspecified atom stereocenters. The number of rotatable bonds is 26. The Balaban J connectivity index is 3.18. The summed E-state index contributed by atoms with van der Waals surface area (Å²) < 4.78 is 0. The predicted molar refractivity (Wildman–Crippen MR) is 154 cm³/mol. The summed E-state index contributed by atoms with van der Waals surface area (Å²) in [5, 5.41) is 0.509. The summed E-state index contributed by atoms with van der Waals surface area (Å²) in [5.74, 6) is 0.786. The van der Waals surface area contributed by atoms with Gasteiger partial charge in [0, 0.05) is 5.00 Å². The number of hydrogen-bond donors (Lipinski definition) is 0. The highest BCUT2D eigenvalue weighted by Gasteiger charge is 2.20. The molecule has 0 saturated heterocycles. The van der Waals surface area contributed by atoms with Gasteiger partial charge < -0.3 is 0 Å². The lowest BCUT2D eigenvalue weighted by Gasteiger charge is -2.23. The Morgan fingerprint density at radius 3 is 1.00 bits per heavy atom. The van der Waals surface area contributed by atoms with Gasteiger partial charge in [-0.25, -0.2) is 0 Å². The molecule has 0 aromatic carbocycles. The highest BCUT2D eigenvalue weighted by molar-refractivity contribution is 6.67. The molecule has 0 amide bonds. The van der Waals surface area contributed by atoms with Crippen molar-refractivity contribution < 1.29 is 0 Å². The van der Waals surface area contributed by atoms with E-state index in [0.29, 0.717) is 5.00 Å². The molecule has 0 spiro atoms. The zero-order chi connectivity index (χ0) is 23.7. The summed E-state index contributed by atoms with van der Waals surface area (Å²) in [5.41, 5.74) is 0. The summed E-state index contributed by atoms with van der Waals surface area (Å²) in [6.07, 6.45) is 34.9. The van der Waals surface area contributed by atoms with Gasteiger partial charge >= 0.3 is 0 Å². The van der Waals surface area contributed by atoms with Crippen LogP contribution in [0.2, 0.25) is 13.1 Å². The Hall–Kier alpha value is 0.507. The average molecular weight is 487 g/mol. The minimum absolute atomic E-state index is 0.509. The first-order valence-electron chi connectivity index (χ1n) is 15.3. The molecule has 0 N–H and O–H groups in total. The van der Waals surface area contributed by atoms with Crippen LogP contribution in [0.3, 0.4) is 0 Å². The smallest absolute Gasteiger partial charge is 0.0522 e. The zero-order valence-electron chi connectivity index (χ0n) is 23.1. The second kappa shape index (κ2) is 26.1. The highest BCUT2D eigenvalue weighted by Crippen LogP contribution is 2.24. The van der Waals surface area contributed by atoms with Crippen molar-refractivity contribution >= 4 is 20.4 Å². The fraction of sp³-hybridized carbons (Fsp3) is 1.00. The zero-order valence-corrected chi connectivity index (χ0v) is 25.0. The van der Waals surface area contributed by atoms with Crippen molar-refractivity contribution in [1.29, 1.82) is 0 Å². The first-order valence-corrected chi connectivity index (χ1v) is 18.7. The molecular weight excluding hydrogens is 424 g/mol. The molecule has 0 aromatic rings. The maximum absolute atomic E-state index is 6.64. The maximum atomic E-state index is 6.64. The van der Waals surface area contributed by atoms with Crippen LogP contribution in [0, 0.1) is 5.92 Å². The molecule has 2 atom stereocenters. The van der Waals surface area contributed by atoms with Crippen molar-refractivity contribution in [3.05, 3.63) is 0 Å². The molecule has 0 fully saturated rings. The topological polar surface area (TPSA) is 0 Å². The first-order chi connectivity index (χ1) is 15.6. The molecule has 0 radical (unpaired) electrons. The standard InChI is InChI=1S/C30H63ClSi/c1-5-7-8-9-10-11-12-13-14-15-16-17-18-19-20-21-22-23-24-25-26-27-28-29(6-2)30(31)32(3)4/h29-30,32H,5-28H2,1-4H3. The number of hydrogen-bond acceptors (Lipinski definition) is 0. The van der Waals surface area contributed by atoms with Crippen LogP contribution in [0.25, 0.3) is 0 Å². The Kier molecular flexibility index (Phi) is 26.5. The third-order valence-corrected chi connectivity index (χ3v) is 11.2. The molecule has 0 saturated carbocycles. The van der Waals surface area contributed by atoms with Gasteiger partial charge in [-0.2, -0.15) is 0 Å². The van der Waals surface area contributed by atoms with Crippen LogP contribution in [0.1, 0.15) is 168 Å². The molecule has 0 aliphatic rings. The highest BCUT2D eigenvalue weighted by atomic mass is 35.5. The molecule has 0 aromatic heterocycles. The van der Waals surface area contributed by atoms with Crippen LogP contribution < -0.4 is 0 Å². The van der Waals surface area contributed by atoms with E-state index in [1.165, 1.54) is 154 Å². The monoisotopic (exact) mass is 486 g/mol. The Bertz CT molecular complexity index is 344. The lowest BCUT2D eigenvalue weighted by Crippen LogP contribution is -2.27. The van der Waals surface area contributed by atoms with E-state index in [4.69, 9.17) is 11.6 Å². The van der Waals surface area contributed by atoms with E-state index in [0.717, 1.165) is 5.92 Å². The minimum atomic E-state index is -0.678. The third-order valence-electron chi connectivity index (χ3n) is 7.54. The fourth-order valence-electron chi connectivity index (χ4n) is 5.15. The summed E-state index contributed by atoms with van der Waals surface area (Å²) in [6.45, 7) is 9.44. The second-order valence-electron chi connectivity index (χ2n) is 11.1. The second-order valence-corrected chi connectivity index (χ2v) is 15.2. The molecule has 0 aliphatic carbocycles. The van der Waals surface area contributed by atoms with Gasteiger partial charge in [-0.1, -0.05) is 175 Å². The van der Waals surface area contributed by atoms with Crippen LogP contribution in [0.15, 0.2) is 0 Å². The van der Waals surface area contributed by atoms with E-state index in [1.807, 2.05) is 0 Å². The van der Waals surface area contributed by atoms with Crippen molar-refractivity contribution in [3.8, 4) is 0 Å². The van der Waals surface area contributed by atoms with Crippen LogP contribution in [-0.2, 0) is 0 Å². The molecule has 0 rings (SSSR count). The van der Waals surface area contributed by atoms with E-state index in [9.17, 15) is 0 Å². The van der Waals surface area contributed by atoms with Crippen molar-refractivity contribution in [3.63, 3.8) is 0 Å². The Labute approximate surface area is 212 Å². The molecule has 0 heterocycles. The van der Waals surface area contributed by atoms with Crippen LogP contribution in [-0.4, -0.2) is 13.8 Å². The van der Waals surface area contributed by atoms with Crippen molar-refractivity contribution in [2.24, 2.45) is 5.92 Å². The van der Waals surface area contributed by atoms with E-state index in [-0.39, 0.29) is 0 Å². The summed E-state index contributed by atoms with van der Waals surface area (Å²) in [4.78, 5) is 0. The van der Waals surface area contributed by atoms with Crippen LogP contribution in [0.5, 0.6) is 0 Å². The third kappa shape index (κ3) is 22.3. The summed E-state index contributed by atoms with van der Waals surface area (Å²) in [7, 11) is -0.678. The van der Waals surface area contributed by atoms with Gasteiger partial charge in [0.05, 0.1) is 8.80 Å². The number of alkyl halides is 1. The van der Waals surface area contributed by atoms with Gasteiger partial charge in [-0.05, 0) is 12.3 Å². The van der Waals surface area contributed by atoms with E-state index >= 15 is 0 Å². The van der Waals surface area contributed by atoms with Crippen LogP contribution in [0.4, 0.5) is 0 Å². The number of unbranched alkanes of at least 4 members (excludes halogenated alkanes) is 21. The summed E-state index contributed by atoms with van der Waals surface area (Å²) >= 11 is 6.64. The average Bonchev–Trinajstić information content (AvgIpc) is 2.79. The van der Waals surface area contributed by atoms with Gasteiger partial charge in [0.15, 0.2) is 0 Å². The molecule has 0 bridgehead atoms. The van der Waals surface area contributed by atoms with E-state index in [1.54, 1.807) is 0 Å².